The summed E-state index contributed by atoms with van der Waals surface area (Å²) in [7, 11) is 4.73. The predicted molar refractivity (Wildman–Crippen MR) is 106 cm³/mol. The van der Waals surface area contributed by atoms with Crippen LogP contribution in [0.15, 0.2) is 24.4 Å². The van der Waals surface area contributed by atoms with Crippen LogP contribution in [-0.4, -0.2) is 43.1 Å². The van der Waals surface area contributed by atoms with Crippen LogP contribution in [0.4, 0.5) is 5.82 Å². The van der Waals surface area contributed by atoms with Crippen LogP contribution in [0.5, 0.6) is 17.2 Å². The highest BCUT2D eigenvalue weighted by atomic mass is 16.5. The normalized spacial score (nSPS) is 19.1. The van der Waals surface area contributed by atoms with Gasteiger partial charge in [0.1, 0.15) is 5.82 Å². The standard InChI is InChI=1S/C20H28N4O4/c1-26-16-8-7-14(18(27-2)19(16)28-3)12-24-17(9-10-22-24)23-20(25)13-5-4-6-15(21)11-13/h7-10,13,15H,4-6,11-12,21H2,1-3H3,(H,23,25). The number of ether oxygens (including phenoxy) is 3. The second-order valence-corrected chi connectivity index (χ2v) is 6.98. The number of amides is 1. The van der Waals surface area contributed by atoms with E-state index in [1.807, 2.05) is 12.1 Å². The highest BCUT2D eigenvalue weighted by Gasteiger charge is 2.26. The second kappa shape index (κ2) is 8.97. The maximum atomic E-state index is 12.7. The molecule has 152 valence electrons. The number of methoxy groups -OCH3 is 3. The van der Waals surface area contributed by atoms with Crippen molar-refractivity contribution in [2.24, 2.45) is 11.7 Å². The summed E-state index contributed by atoms with van der Waals surface area (Å²) in [5.41, 5.74) is 6.88. The number of benzene rings is 1. The van der Waals surface area contributed by atoms with Crippen LogP contribution in [0.3, 0.4) is 0 Å². The fraction of sp³-hybridized carbons (Fsp3) is 0.500. The number of anilines is 1. The second-order valence-electron chi connectivity index (χ2n) is 6.98. The molecule has 3 rings (SSSR count). The van der Waals surface area contributed by atoms with Crippen molar-refractivity contribution in [1.82, 2.24) is 9.78 Å². The number of nitrogens with zero attached hydrogens (tertiary/aromatic N) is 2. The third kappa shape index (κ3) is 4.22. The van der Waals surface area contributed by atoms with Crippen molar-refractivity contribution >= 4 is 11.7 Å². The predicted octanol–water partition coefficient (Wildman–Crippen LogP) is 2.41. The highest BCUT2D eigenvalue weighted by Crippen LogP contribution is 2.40. The van der Waals surface area contributed by atoms with E-state index < -0.39 is 0 Å². The molecule has 1 aliphatic carbocycles. The molecule has 1 heterocycles. The summed E-state index contributed by atoms with van der Waals surface area (Å²) < 4.78 is 18.0. The fourth-order valence-electron chi connectivity index (χ4n) is 3.71. The minimum absolute atomic E-state index is 0.00354. The molecule has 1 aromatic heterocycles. The van der Waals surface area contributed by atoms with E-state index in [1.54, 1.807) is 38.3 Å². The minimum atomic E-state index is -0.0530. The van der Waals surface area contributed by atoms with E-state index in [2.05, 4.69) is 10.4 Å². The summed E-state index contributed by atoms with van der Waals surface area (Å²) in [4.78, 5) is 12.7. The smallest absolute Gasteiger partial charge is 0.228 e. The molecule has 1 fully saturated rings. The number of nitrogens with two attached hydrogens (primary N) is 1. The molecule has 2 aromatic rings. The van der Waals surface area contributed by atoms with E-state index >= 15 is 0 Å². The first-order valence-corrected chi connectivity index (χ1v) is 9.43. The van der Waals surface area contributed by atoms with Gasteiger partial charge in [0.15, 0.2) is 11.5 Å². The minimum Gasteiger partial charge on any atom is -0.493 e. The van der Waals surface area contributed by atoms with Crippen molar-refractivity contribution in [2.45, 2.75) is 38.3 Å². The number of hydrogen-bond acceptors (Lipinski definition) is 6. The number of carbonyl (C=O) groups is 1. The van der Waals surface area contributed by atoms with E-state index in [9.17, 15) is 4.79 Å². The Morgan fingerprint density at radius 1 is 1.18 bits per heavy atom. The van der Waals surface area contributed by atoms with Crippen LogP contribution in [0.1, 0.15) is 31.2 Å². The van der Waals surface area contributed by atoms with Gasteiger partial charge in [0, 0.05) is 23.6 Å². The lowest BCUT2D eigenvalue weighted by Gasteiger charge is -2.25. The first-order chi connectivity index (χ1) is 13.6. The van der Waals surface area contributed by atoms with Gasteiger partial charge in [-0.25, -0.2) is 4.68 Å². The van der Waals surface area contributed by atoms with Gasteiger partial charge < -0.3 is 25.3 Å². The molecule has 0 saturated heterocycles. The average molecular weight is 388 g/mol. The molecular formula is C20H28N4O4. The third-order valence-corrected chi connectivity index (χ3v) is 5.16. The molecule has 8 nitrogen and oxygen atoms in total. The van der Waals surface area contributed by atoms with E-state index in [4.69, 9.17) is 19.9 Å². The monoisotopic (exact) mass is 388 g/mol. The molecule has 1 aromatic carbocycles. The Bertz CT molecular complexity index is 821. The molecule has 0 bridgehead atoms. The van der Waals surface area contributed by atoms with Crippen molar-refractivity contribution in [3.8, 4) is 17.2 Å². The lowest BCUT2D eigenvalue weighted by molar-refractivity contribution is -0.120. The van der Waals surface area contributed by atoms with E-state index in [0.717, 1.165) is 31.2 Å². The summed E-state index contributed by atoms with van der Waals surface area (Å²) in [6.07, 6.45) is 5.23. The summed E-state index contributed by atoms with van der Waals surface area (Å²) in [5, 5.41) is 7.35. The number of aromatic nitrogens is 2. The van der Waals surface area contributed by atoms with Crippen LogP contribution in [0.2, 0.25) is 0 Å². The molecule has 1 aliphatic rings. The summed E-state index contributed by atoms with van der Waals surface area (Å²) in [6.45, 7) is 0.413. The largest absolute Gasteiger partial charge is 0.493 e. The molecule has 0 aliphatic heterocycles. The Labute approximate surface area is 164 Å². The van der Waals surface area contributed by atoms with Crippen LogP contribution < -0.4 is 25.3 Å². The Morgan fingerprint density at radius 2 is 1.96 bits per heavy atom. The molecule has 28 heavy (non-hydrogen) atoms. The van der Waals surface area contributed by atoms with Crippen LogP contribution in [0.25, 0.3) is 0 Å². The highest BCUT2D eigenvalue weighted by molar-refractivity contribution is 5.91. The van der Waals surface area contributed by atoms with Crippen LogP contribution >= 0.6 is 0 Å². The quantitative estimate of drug-likeness (QED) is 0.755. The van der Waals surface area contributed by atoms with Crippen LogP contribution in [0, 0.1) is 5.92 Å². The zero-order valence-electron chi connectivity index (χ0n) is 16.6. The van der Waals surface area contributed by atoms with Gasteiger partial charge in [-0.2, -0.15) is 5.10 Å². The van der Waals surface area contributed by atoms with Gasteiger partial charge in [0.25, 0.3) is 0 Å². The molecule has 0 spiro atoms. The number of carbonyl (C=O) groups excluding carboxylic acids is 1. The van der Waals surface area contributed by atoms with Gasteiger partial charge in [0.2, 0.25) is 11.7 Å². The van der Waals surface area contributed by atoms with Gasteiger partial charge in [-0.05, 0) is 31.4 Å². The third-order valence-electron chi connectivity index (χ3n) is 5.16. The van der Waals surface area contributed by atoms with Crippen molar-refractivity contribution in [1.29, 1.82) is 0 Å². The maximum absolute atomic E-state index is 12.7. The van der Waals surface area contributed by atoms with Gasteiger partial charge in [0.05, 0.1) is 34.1 Å². The Hall–Kier alpha value is -2.74. The summed E-state index contributed by atoms with van der Waals surface area (Å²) >= 11 is 0. The van der Waals surface area contributed by atoms with Crippen molar-refractivity contribution in [2.75, 3.05) is 26.6 Å². The van der Waals surface area contributed by atoms with Crippen molar-refractivity contribution in [3.05, 3.63) is 30.0 Å². The SMILES string of the molecule is COc1ccc(Cn2nccc2NC(=O)C2CCCC(N)C2)c(OC)c1OC. The number of rotatable bonds is 7. The molecular weight excluding hydrogens is 360 g/mol. The molecule has 8 heteroatoms. The van der Waals surface area contributed by atoms with Gasteiger partial charge in [-0.3, -0.25) is 4.79 Å². The average Bonchev–Trinajstić information content (AvgIpc) is 3.13. The van der Waals surface area contributed by atoms with Gasteiger partial charge >= 0.3 is 0 Å². The van der Waals surface area contributed by atoms with Crippen LogP contribution in [-0.2, 0) is 11.3 Å². The van der Waals surface area contributed by atoms with Crippen molar-refractivity contribution < 1.29 is 19.0 Å². The Balaban J connectivity index is 1.78. The first kappa shape index (κ1) is 20.0. The summed E-state index contributed by atoms with van der Waals surface area (Å²) in [5.74, 6) is 2.27. The molecule has 1 amide bonds. The Kier molecular flexibility index (Phi) is 6.41. The lowest BCUT2D eigenvalue weighted by Crippen LogP contribution is -2.34. The zero-order valence-corrected chi connectivity index (χ0v) is 16.6. The van der Waals surface area contributed by atoms with Gasteiger partial charge in [-0.15, -0.1) is 0 Å². The van der Waals surface area contributed by atoms with E-state index in [-0.39, 0.29) is 17.9 Å². The number of nitrogens with one attached hydrogen (secondary N) is 1. The fourth-order valence-corrected chi connectivity index (χ4v) is 3.71. The summed E-state index contributed by atoms with van der Waals surface area (Å²) in [6, 6.07) is 5.61. The van der Waals surface area contributed by atoms with E-state index in [0.29, 0.717) is 29.6 Å². The maximum Gasteiger partial charge on any atom is 0.228 e. The topological polar surface area (TPSA) is 101 Å². The van der Waals surface area contributed by atoms with Crippen molar-refractivity contribution in [3.63, 3.8) is 0 Å². The Morgan fingerprint density at radius 3 is 2.64 bits per heavy atom. The van der Waals surface area contributed by atoms with E-state index in [1.165, 1.54) is 0 Å². The molecule has 2 unspecified atom stereocenters. The first-order valence-electron chi connectivity index (χ1n) is 9.43. The lowest BCUT2D eigenvalue weighted by atomic mass is 9.85. The molecule has 2 atom stereocenters. The molecule has 0 radical (unpaired) electrons. The molecule has 1 saturated carbocycles. The van der Waals surface area contributed by atoms with Gasteiger partial charge in [-0.1, -0.05) is 6.42 Å². The zero-order chi connectivity index (χ0) is 20.1. The molecule has 3 N–H and O–H groups in total. The number of hydrogen-bond donors (Lipinski definition) is 2.